The summed E-state index contributed by atoms with van der Waals surface area (Å²) in [6, 6.07) is 8.12. The SMILES string of the molecule is O=C(NC1CCOC1)C1Cc2ccccc2N1. The first-order valence-corrected chi connectivity index (χ1v) is 6.05. The second-order valence-corrected chi connectivity index (χ2v) is 4.63. The molecule has 1 fully saturated rings. The van der Waals surface area contributed by atoms with Crippen LogP contribution in [0.2, 0.25) is 0 Å². The first kappa shape index (κ1) is 10.6. The Morgan fingerprint density at radius 3 is 3.06 bits per heavy atom. The van der Waals surface area contributed by atoms with Gasteiger partial charge in [-0.1, -0.05) is 18.2 Å². The molecule has 4 heteroatoms. The maximum atomic E-state index is 12.0. The number of fused-ring (bicyclic) bond motifs is 1. The molecule has 2 aliphatic heterocycles. The highest BCUT2D eigenvalue weighted by molar-refractivity contribution is 5.87. The van der Waals surface area contributed by atoms with Gasteiger partial charge in [0.25, 0.3) is 0 Å². The minimum Gasteiger partial charge on any atom is -0.379 e. The van der Waals surface area contributed by atoms with Gasteiger partial charge in [-0.3, -0.25) is 4.79 Å². The van der Waals surface area contributed by atoms with E-state index in [0.717, 1.165) is 25.1 Å². The fourth-order valence-electron chi connectivity index (χ4n) is 2.41. The minimum atomic E-state index is -0.131. The van der Waals surface area contributed by atoms with Crippen molar-refractivity contribution in [3.05, 3.63) is 29.8 Å². The monoisotopic (exact) mass is 232 g/mol. The van der Waals surface area contributed by atoms with Crippen molar-refractivity contribution in [2.45, 2.75) is 24.9 Å². The van der Waals surface area contributed by atoms with Crippen LogP contribution in [-0.4, -0.2) is 31.2 Å². The highest BCUT2D eigenvalue weighted by Gasteiger charge is 2.28. The van der Waals surface area contributed by atoms with E-state index in [-0.39, 0.29) is 18.0 Å². The molecule has 2 N–H and O–H groups in total. The van der Waals surface area contributed by atoms with E-state index < -0.39 is 0 Å². The summed E-state index contributed by atoms with van der Waals surface area (Å²) in [6.45, 7) is 1.40. The summed E-state index contributed by atoms with van der Waals surface area (Å²) in [6.07, 6.45) is 1.70. The summed E-state index contributed by atoms with van der Waals surface area (Å²) in [4.78, 5) is 12.0. The van der Waals surface area contributed by atoms with Crippen LogP contribution in [-0.2, 0) is 16.0 Å². The lowest BCUT2D eigenvalue weighted by atomic mass is 10.1. The highest BCUT2D eigenvalue weighted by Crippen LogP contribution is 2.25. The summed E-state index contributed by atoms with van der Waals surface area (Å²) < 4.78 is 5.25. The minimum absolute atomic E-state index is 0.0803. The number of carbonyl (C=O) groups excluding carboxylic acids is 1. The molecule has 1 saturated heterocycles. The molecule has 4 nitrogen and oxygen atoms in total. The Labute approximate surface area is 100 Å². The first-order valence-electron chi connectivity index (χ1n) is 6.05. The van der Waals surface area contributed by atoms with Crippen molar-refractivity contribution in [3.63, 3.8) is 0 Å². The van der Waals surface area contributed by atoms with E-state index in [1.165, 1.54) is 5.56 Å². The number of hydrogen-bond acceptors (Lipinski definition) is 3. The van der Waals surface area contributed by atoms with Crippen molar-refractivity contribution >= 4 is 11.6 Å². The zero-order valence-electron chi connectivity index (χ0n) is 9.61. The van der Waals surface area contributed by atoms with Gasteiger partial charge < -0.3 is 15.4 Å². The highest BCUT2D eigenvalue weighted by atomic mass is 16.5. The molecule has 2 aliphatic rings. The Bertz CT molecular complexity index is 402. The number of rotatable bonds is 2. The zero-order chi connectivity index (χ0) is 11.7. The summed E-state index contributed by atoms with van der Waals surface area (Å²) in [7, 11) is 0. The number of benzene rings is 1. The molecule has 1 amide bonds. The molecule has 3 rings (SSSR count). The van der Waals surface area contributed by atoms with Crippen molar-refractivity contribution in [3.8, 4) is 0 Å². The fraction of sp³-hybridized carbons (Fsp3) is 0.462. The second kappa shape index (κ2) is 4.37. The molecule has 2 heterocycles. The van der Waals surface area contributed by atoms with Gasteiger partial charge in [0.15, 0.2) is 0 Å². The lowest BCUT2D eigenvalue weighted by Crippen LogP contribution is -2.44. The van der Waals surface area contributed by atoms with Crippen molar-refractivity contribution in [1.82, 2.24) is 5.32 Å². The molecule has 2 atom stereocenters. The van der Waals surface area contributed by atoms with Crippen LogP contribution in [0.5, 0.6) is 0 Å². The third-order valence-corrected chi connectivity index (χ3v) is 3.36. The fourth-order valence-corrected chi connectivity index (χ4v) is 2.41. The number of ether oxygens (including phenoxy) is 1. The number of hydrogen-bond donors (Lipinski definition) is 2. The molecule has 0 bridgehead atoms. The van der Waals surface area contributed by atoms with Gasteiger partial charge in [0, 0.05) is 18.7 Å². The van der Waals surface area contributed by atoms with Crippen molar-refractivity contribution in [2.24, 2.45) is 0 Å². The molecule has 0 aromatic heterocycles. The topological polar surface area (TPSA) is 50.4 Å². The van der Waals surface area contributed by atoms with Gasteiger partial charge in [0.2, 0.25) is 5.91 Å². The summed E-state index contributed by atoms with van der Waals surface area (Å²) in [5.41, 5.74) is 2.30. The maximum Gasteiger partial charge on any atom is 0.243 e. The van der Waals surface area contributed by atoms with Crippen LogP contribution in [0.4, 0.5) is 5.69 Å². The molecule has 0 radical (unpaired) electrons. The van der Waals surface area contributed by atoms with Crippen LogP contribution in [0.1, 0.15) is 12.0 Å². The molecule has 0 aliphatic carbocycles. The number of nitrogens with one attached hydrogen (secondary N) is 2. The Hall–Kier alpha value is -1.55. The Kier molecular flexibility index (Phi) is 2.73. The van der Waals surface area contributed by atoms with Crippen LogP contribution < -0.4 is 10.6 Å². The number of anilines is 1. The molecule has 1 aromatic carbocycles. The predicted octanol–water partition coefficient (Wildman–Crippen LogP) is 0.928. The second-order valence-electron chi connectivity index (χ2n) is 4.63. The van der Waals surface area contributed by atoms with Crippen LogP contribution in [0.25, 0.3) is 0 Å². The van der Waals surface area contributed by atoms with Crippen LogP contribution in [0.3, 0.4) is 0 Å². The molecule has 0 spiro atoms. The average molecular weight is 232 g/mol. The standard InChI is InChI=1S/C13H16N2O2/c16-13(14-10-5-6-17-8-10)12-7-9-3-1-2-4-11(9)15-12/h1-4,10,12,15H,5-8H2,(H,14,16). The summed E-state index contributed by atoms with van der Waals surface area (Å²) >= 11 is 0. The molecule has 1 aromatic rings. The largest absolute Gasteiger partial charge is 0.379 e. The zero-order valence-corrected chi connectivity index (χ0v) is 9.61. The number of para-hydroxylation sites is 1. The van der Waals surface area contributed by atoms with E-state index in [1.807, 2.05) is 18.2 Å². The van der Waals surface area contributed by atoms with Crippen molar-refractivity contribution in [2.75, 3.05) is 18.5 Å². The Morgan fingerprint density at radius 1 is 1.41 bits per heavy atom. The third-order valence-electron chi connectivity index (χ3n) is 3.36. The quantitative estimate of drug-likeness (QED) is 0.797. The molecule has 17 heavy (non-hydrogen) atoms. The van der Waals surface area contributed by atoms with Gasteiger partial charge in [0.1, 0.15) is 6.04 Å². The van der Waals surface area contributed by atoms with E-state index in [4.69, 9.17) is 4.74 Å². The molecule has 0 saturated carbocycles. The van der Waals surface area contributed by atoms with E-state index in [2.05, 4.69) is 16.7 Å². The Morgan fingerprint density at radius 2 is 2.29 bits per heavy atom. The lowest BCUT2D eigenvalue weighted by Gasteiger charge is -2.15. The van der Waals surface area contributed by atoms with Gasteiger partial charge in [-0.05, 0) is 18.1 Å². The van der Waals surface area contributed by atoms with E-state index in [9.17, 15) is 4.79 Å². The summed E-state index contributed by atoms with van der Waals surface area (Å²) in [5, 5.41) is 6.28. The third kappa shape index (κ3) is 2.13. The van der Waals surface area contributed by atoms with Gasteiger partial charge >= 0.3 is 0 Å². The molecule has 90 valence electrons. The van der Waals surface area contributed by atoms with Crippen molar-refractivity contribution < 1.29 is 9.53 Å². The number of amides is 1. The van der Waals surface area contributed by atoms with E-state index in [1.54, 1.807) is 0 Å². The van der Waals surface area contributed by atoms with E-state index >= 15 is 0 Å². The molecular formula is C13H16N2O2. The smallest absolute Gasteiger partial charge is 0.243 e. The van der Waals surface area contributed by atoms with Gasteiger partial charge in [-0.25, -0.2) is 0 Å². The lowest BCUT2D eigenvalue weighted by molar-refractivity contribution is -0.122. The predicted molar refractivity (Wildman–Crippen MR) is 64.9 cm³/mol. The average Bonchev–Trinajstić information content (AvgIpc) is 2.96. The molecule has 2 unspecified atom stereocenters. The van der Waals surface area contributed by atoms with Crippen LogP contribution in [0.15, 0.2) is 24.3 Å². The van der Waals surface area contributed by atoms with Crippen molar-refractivity contribution in [1.29, 1.82) is 0 Å². The first-order chi connectivity index (χ1) is 8.33. The van der Waals surface area contributed by atoms with Gasteiger partial charge in [0.05, 0.1) is 12.6 Å². The Balaban J connectivity index is 1.62. The van der Waals surface area contributed by atoms with Gasteiger partial charge in [-0.15, -0.1) is 0 Å². The van der Waals surface area contributed by atoms with Crippen LogP contribution >= 0.6 is 0 Å². The molecular weight excluding hydrogens is 216 g/mol. The van der Waals surface area contributed by atoms with E-state index in [0.29, 0.717) is 6.61 Å². The maximum absolute atomic E-state index is 12.0. The van der Waals surface area contributed by atoms with Gasteiger partial charge in [-0.2, -0.15) is 0 Å². The summed E-state index contributed by atoms with van der Waals surface area (Å²) in [5.74, 6) is 0.0803. The number of carbonyl (C=O) groups is 1. The van der Waals surface area contributed by atoms with Crippen LogP contribution in [0, 0.1) is 0 Å². The normalized spacial score (nSPS) is 26.4.